The lowest BCUT2D eigenvalue weighted by molar-refractivity contribution is 0.299. The van der Waals surface area contributed by atoms with Crippen LogP contribution in [0.1, 0.15) is 18.1 Å². The van der Waals surface area contributed by atoms with Gasteiger partial charge in [0.15, 0.2) is 0 Å². The minimum absolute atomic E-state index is 0.153. The van der Waals surface area contributed by atoms with Gasteiger partial charge in [-0.2, -0.15) is 0 Å². The number of oxime groups is 1. The molecule has 0 aliphatic carbocycles. The van der Waals surface area contributed by atoms with Crippen molar-refractivity contribution in [2.45, 2.75) is 19.8 Å². The number of benzene rings is 1. The SMILES string of the molecule is CCc1cc(CCO)ccc1OC/C=N/O. The molecule has 88 valence electrons. The lowest BCUT2D eigenvalue weighted by Crippen LogP contribution is -2.02. The zero-order chi connectivity index (χ0) is 11.8. The second kappa shape index (κ2) is 6.85. The molecule has 0 fully saturated rings. The topological polar surface area (TPSA) is 62.0 Å². The Morgan fingerprint density at radius 2 is 2.25 bits per heavy atom. The first-order chi connectivity index (χ1) is 7.81. The Morgan fingerprint density at radius 3 is 2.88 bits per heavy atom. The molecular formula is C12H17NO3. The quantitative estimate of drug-likeness (QED) is 0.437. The van der Waals surface area contributed by atoms with Crippen molar-refractivity contribution < 1.29 is 15.1 Å². The van der Waals surface area contributed by atoms with E-state index in [1.807, 2.05) is 25.1 Å². The summed E-state index contributed by atoms with van der Waals surface area (Å²) in [5, 5.41) is 20.0. The molecule has 0 radical (unpaired) electrons. The van der Waals surface area contributed by atoms with Gasteiger partial charge in [-0.3, -0.25) is 0 Å². The molecule has 1 rings (SSSR count). The molecule has 0 aromatic heterocycles. The summed E-state index contributed by atoms with van der Waals surface area (Å²) >= 11 is 0. The van der Waals surface area contributed by atoms with E-state index >= 15 is 0 Å². The highest BCUT2D eigenvalue weighted by Gasteiger charge is 2.03. The predicted molar refractivity (Wildman–Crippen MR) is 62.4 cm³/mol. The summed E-state index contributed by atoms with van der Waals surface area (Å²) in [4.78, 5) is 0. The Balaban J connectivity index is 2.75. The molecule has 1 aromatic rings. The lowest BCUT2D eigenvalue weighted by Gasteiger charge is -2.10. The largest absolute Gasteiger partial charge is 0.488 e. The van der Waals surface area contributed by atoms with Crippen LogP contribution in [-0.4, -0.2) is 29.7 Å². The van der Waals surface area contributed by atoms with Crippen molar-refractivity contribution in [1.29, 1.82) is 0 Å². The molecule has 0 aliphatic rings. The lowest BCUT2D eigenvalue weighted by atomic mass is 10.1. The second-order valence-corrected chi connectivity index (χ2v) is 3.38. The van der Waals surface area contributed by atoms with Crippen molar-refractivity contribution in [2.75, 3.05) is 13.2 Å². The third-order valence-electron chi connectivity index (χ3n) is 2.30. The van der Waals surface area contributed by atoms with Crippen molar-refractivity contribution in [3.63, 3.8) is 0 Å². The molecule has 0 saturated carbocycles. The standard InChI is InChI=1S/C12H17NO3/c1-2-11-9-10(5-7-14)3-4-12(11)16-8-6-13-15/h3-4,6,9,14-15H,2,5,7-8H2,1H3/b13-6+. The van der Waals surface area contributed by atoms with Gasteiger partial charge in [-0.05, 0) is 30.0 Å². The molecule has 0 saturated heterocycles. The van der Waals surface area contributed by atoms with E-state index in [4.69, 9.17) is 15.1 Å². The average Bonchev–Trinajstić information content (AvgIpc) is 2.31. The van der Waals surface area contributed by atoms with Gasteiger partial charge in [0, 0.05) is 6.61 Å². The van der Waals surface area contributed by atoms with Gasteiger partial charge in [0.05, 0.1) is 6.21 Å². The van der Waals surface area contributed by atoms with E-state index in [-0.39, 0.29) is 13.2 Å². The molecule has 0 atom stereocenters. The zero-order valence-electron chi connectivity index (χ0n) is 9.39. The van der Waals surface area contributed by atoms with Gasteiger partial charge in [-0.15, -0.1) is 0 Å². The fourth-order valence-corrected chi connectivity index (χ4v) is 1.49. The number of ether oxygens (including phenoxy) is 1. The summed E-state index contributed by atoms with van der Waals surface area (Å²) in [5.74, 6) is 0.795. The Morgan fingerprint density at radius 1 is 1.44 bits per heavy atom. The highest BCUT2D eigenvalue weighted by molar-refractivity contribution is 5.58. The monoisotopic (exact) mass is 223 g/mol. The van der Waals surface area contributed by atoms with Crippen LogP contribution < -0.4 is 4.74 Å². The number of rotatable bonds is 6. The molecule has 1 aromatic carbocycles. The van der Waals surface area contributed by atoms with Gasteiger partial charge >= 0.3 is 0 Å². The minimum Gasteiger partial charge on any atom is -0.488 e. The molecule has 4 heteroatoms. The van der Waals surface area contributed by atoms with E-state index in [1.54, 1.807) is 0 Å². The van der Waals surface area contributed by atoms with Gasteiger partial charge in [0.1, 0.15) is 12.4 Å². The number of hydrogen-bond donors (Lipinski definition) is 2. The highest BCUT2D eigenvalue weighted by atomic mass is 16.5. The molecule has 0 aliphatic heterocycles. The predicted octanol–water partition coefficient (Wildman–Crippen LogP) is 1.62. The van der Waals surface area contributed by atoms with Crippen LogP contribution in [-0.2, 0) is 12.8 Å². The molecule has 4 nitrogen and oxygen atoms in total. The maximum Gasteiger partial charge on any atom is 0.127 e. The van der Waals surface area contributed by atoms with Crippen LogP contribution in [0.5, 0.6) is 5.75 Å². The van der Waals surface area contributed by atoms with Gasteiger partial charge in [0.2, 0.25) is 0 Å². The Hall–Kier alpha value is -1.55. The molecule has 16 heavy (non-hydrogen) atoms. The molecule has 0 spiro atoms. The molecule has 0 heterocycles. The molecule has 0 amide bonds. The summed E-state index contributed by atoms with van der Waals surface area (Å²) in [6, 6.07) is 5.84. The molecule has 0 bridgehead atoms. The number of aliphatic hydroxyl groups is 1. The second-order valence-electron chi connectivity index (χ2n) is 3.38. The summed E-state index contributed by atoms with van der Waals surface area (Å²) in [6.45, 7) is 2.45. The maximum atomic E-state index is 8.85. The first-order valence-electron chi connectivity index (χ1n) is 5.33. The summed E-state index contributed by atoms with van der Waals surface area (Å²) in [6.07, 6.45) is 2.82. The smallest absolute Gasteiger partial charge is 0.127 e. The first kappa shape index (κ1) is 12.5. The Bertz CT molecular complexity index is 350. The van der Waals surface area contributed by atoms with E-state index in [2.05, 4.69) is 5.16 Å². The van der Waals surface area contributed by atoms with E-state index in [0.717, 1.165) is 23.3 Å². The summed E-state index contributed by atoms with van der Waals surface area (Å²) < 4.78 is 5.43. The Labute approximate surface area is 95.2 Å². The van der Waals surface area contributed by atoms with E-state index < -0.39 is 0 Å². The van der Waals surface area contributed by atoms with E-state index in [1.165, 1.54) is 6.21 Å². The molecule has 0 unspecified atom stereocenters. The zero-order valence-corrected chi connectivity index (χ0v) is 9.39. The average molecular weight is 223 g/mol. The highest BCUT2D eigenvalue weighted by Crippen LogP contribution is 2.20. The first-order valence-corrected chi connectivity index (χ1v) is 5.33. The summed E-state index contributed by atoms with van der Waals surface area (Å²) in [5.41, 5.74) is 2.19. The maximum absolute atomic E-state index is 8.85. The normalized spacial score (nSPS) is 10.9. The number of aliphatic hydroxyl groups excluding tert-OH is 1. The van der Waals surface area contributed by atoms with E-state index in [0.29, 0.717) is 6.42 Å². The van der Waals surface area contributed by atoms with Gasteiger partial charge in [-0.25, -0.2) is 0 Å². The van der Waals surface area contributed by atoms with Gasteiger partial charge in [0.25, 0.3) is 0 Å². The summed E-state index contributed by atoms with van der Waals surface area (Å²) in [7, 11) is 0. The van der Waals surface area contributed by atoms with Gasteiger partial charge < -0.3 is 15.1 Å². The number of nitrogens with zero attached hydrogens (tertiary/aromatic N) is 1. The Kier molecular flexibility index (Phi) is 5.36. The molecular weight excluding hydrogens is 206 g/mol. The third-order valence-corrected chi connectivity index (χ3v) is 2.30. The van der Waals surface area contributed by atoms with Crippen LogP contribution >= 0.6 is 0 Å². The molecule has 2 N–H and O–H groups in total. The van der Waals surface area contributed by atoms with Crippen molar-refractivity contribution in [2.24, 2.45) is 5.16 Å². The van der Waals surface area contributed by atoms with Crippen LogP contribution in [0, 0.1) is 0 Å². The van der Waals surface area contributed by atoms with Crippen molar-refractivity contribution in [1.82, 2.24) is 0 Å². The number of aryl methyl sites for hydroxylation is 1. The van der Waals surface area contributed by atoms with Crippen molar-refractivity contribution >= 4 is 6.21 Å². The minimum atomic E-state index is 0.153. The van der Waals surface area contributed by atoms with E-state index in [9.17, 15) is 0 Å². The van der Waals surface area contributed by atoms with Crippen LogP contribution in [0.4, 0.5) is 0 Å². The fraction of sp³-hybridized carbons (Fsp3) is 0.417. The van der Waals surface area contributed by atoms with Crippen LogP contribution in [0.15, 0.2) is 23.4 Å². The van der Waals surface area contributed by atoms with Gasteiger partial charge in [-0.1, -0.05) is 24.2 Å². The fourth-order valence-electron chi connectivity index (χ4n) is 1.49. The van der Waals surface area contributed by atoms with Crippen LogP contribution in [0.2, 0.25) is 0 Å². The number of hydrogen-bond acceptors (Lipinski definition) is 4. The van der Waals surface area contributed by atoms with Crippen molar-refractivity contribution in [3.8, 4) is 5.75 Å². The van der Waals surface area contributed by atoms with Crippen LogP contribution in [0.25, 0.3) is 0 Å². The third kappa shape index (κ3) is 3.55. The van der Waals surface area contributed by atoms with Crippen molar-refractivity contribution in [3.05, 3.63) is 29.3 Å². The van der Waals surface area contributed by atoms with Crippen LogP contribution in [0.3, 0.4) is 0 Å².